The molecule has 100 valence electrons. The van der Waals surface area contributed by atoms with Crippen LogP contribution >= 0.6 is 12.4 Å². The second-order valence-corrected chi connectivity index (χ2v) is 4.98. The van der Waals surface area contributed by atoms with Crippen molar-refractivity contribution in [1.82, 2.24) is 0 Å². The Kier molecular flexibility index (Phi) is 3.11. The minimum Gasteiger partial charge on any atom is -0.307 e. The van der Waals surface area contributed by atoms with Crippen LogP contribution in [-0.4, -0.2) is 12.5 Å². The van der Waals surface area contributed by atoms with E-state index in [1.807, 2.05) is 17.0 Å². The number of carbonyl (C=O) groups is 1. The number of para-hydroxylation sites is 1. The normalized spacial score (nSPS) is 15.0. The van der Waals surface area contributed by atoms with Gasteiger partial charge in [0.15, 0.2) is 0 Å². The lowest BCUT2D eigenvalue weighted by Crippen LogP contribution is -2.33. The van der Waals surface area contributed by atoms with Gasteiger partial charge in [-0.25, -0.2) is 0 Å². The Balaban J connectivity index is 0.00000121. The van der Waals surface area contributed by atoms with Crippen molar-refractivity contribution >= 4 is 30.1 Å². The maximum atomic E-state index is 12.4. The van der Waals surface area contributed by atoms with Crippen LogP contribution in [0.15, 0.2) is 48.5 Å². The Morgan fingerprint density at radius 2 is 1.75 bits per heavy atom. The Labute approximate surface area is 124 Å². The van der Waals surface area contributed by atoms with Gasteiger partial charge in [0.05, 0.1) is 12.1 Å². The highest BCUT2D eigenvalue weighted by molar-refractivity contribution is 6.05. The second kappa shape index (κ2) is 4.80. The molecule has 0 N–H and O–H groups in total. The van der Waals surface area contributed by atoms with Crippen molar-refractivity contribution in [2.24, 2.45) is 0 Å². The monoisotopic (exact) mass is 283 g/mol. The minimum absolute atomic E-state index is 0. The zero-order valence-electron chi connectivity index (χ0n) is 10.9. The number of nitrogens with zero attached hydrogens (tertiary/aromatic N) is 1. The average Bonchev–Trinajstić information content (AvgIpc) is 2.57. The first-order valence-corrected chi connectivity index (χ1v) is 6.53. The van der Waals surface area contributed by atoms with E-state index in [0.29, 0.717) is 13.0 Å². The average molecular weight is 284 g/mol. The van der Waals surface area contributed by atoms with Crippen molar-refractivity contribution in [1.29, 1.82) is 0 Å². The van der Waals surface area contributed by atoms with Crippen LogP contribution in [0.2, 0.25) is 0 Å². The topological polar surface area (TPSA) is 20.3 Å². The van der Waals surface area contributed by atoms with Gasteiger partial charge in [0.25, 0.3) is 0 Å². The molecule has 2 aliphatic heterocycles. The predicted octanol–water partition coefficient (Wildman–Crippen LogP) is 3.69. The third-order valence-corrected chi connectivity index (χ3v) is 3.87. The fourth-order valence-corrected chi connectivity index (χ4v) is 3.01. The predicted molar refractivity (Wildman–Crippen MR) is 84.2 cm³/mol. The van der Waals surface area contributed by atoms with Gasteiger partial charge in [-0.05, 0) is 16.7 Å². The van der Waals surface area contributed by atoms with Crippen molar-refractivity contribution in [2.75, 3.05) is 11.4 Å². The van der Waals surface area contributed by atoms with E-state index in [1.165, 1.54) is 11.1 Å². The zero-order valence-corrected chi connectivity index (χ0v) is 11.7. The van der Waals surface area contributed by atoms with Crippen LogP contribution in [0.5, 0.6) is 0 Å². The number of anilines is 1. The molecule has 0 fully saturated rings. The summed E-state index contributed by atoms with van der Waals surface area (Å²) in [6.07, 6.45) is 4.65. The molecule has 0 radical (unpaired) electrons. The van der Waals surface area contributed by atoms with Crippen molar-refractivity contribution < 1.29 is 4.79 Å². The molecule has 0 unspecified atom stereocenters. The molecule has 0 atom stereocenters. The van der Waals surface area contributed by atoms with Crippen LogP contribution in [0, 0.1) is 0 Å². The van der Waals surface area contributed by atoms with Gasteiger partial charge >= 0.3 is 0 Å². The first kappa shape index (κ1) is 12.9. The fourth-order valence-electron chi connectivity index (χ4n) is 3.01. The van der Waals surface area contributed by atoms with E-state index in [2.05, 4.69) is 42.5 Å². The van der Waals surface area contributed by atoms with Crippen LogP contribution in [0.1, 0.15) is 11.1 Å². The van der Waals surface area contributed by atoms with Crippen LogP contribution in [0.3, 0.4) is 0 Å². The Morgan fingerprint density at radius 1 is 0.950 bits per heavy atom. The molecule has 2 heterocycles. The third kappa shape index (κ3) is 1.76. The van der Waals surface area contributed by atoms with E-state index in [9.17, 15) is 4.79 Å². The second-order valence-electron chi connectivity index (χ2n) is 4.98. The lowest BCUT2D eigenvalue weighted by molar-refractivity contribution is -0.117. The highest BCUT2D eigenvalue weighted by Crippen LogP contribution is 2.40. The number of carbonyl (C=O) groups excluding carboxylic acids is 1. The van der Waals surface area contributed by atoms with Gasteiger partial charge in [0.2, 0.25) is 5.91 Å². The molecular formula is C17H14ClNO. The number of benzene rings is 2. The first-order valence-electron chi connectivity index (χ1n) is 6.53. The molecule has 0 saturated carbocycles. The van der Waals surface area contributed by atoms with E-state index in [4.69, 9.17) is 0 Å². The van der Waals surface area contributed by atoms with Crippen LogP contribution < -0.4 is 4.90 Å². The number of hydrogen-bond acceptors (Lipinski definition) is 1. The summed E-state index contributed by atoms with van der Waals surface area (Å²) in [5.74, 6) is 0.183. The highest BCUT2D eigenvalue weighted by Gasteiger charge is 2.27. The van der Waals surface area contributed by atoms with Gasteiger partial charge in [-0.1, -0.05) is 54.6 Å². The summed E-state index contributed by atoms with van der Waals surface area (Å²) in [5.41, 5.74) is 5.68. The van der Waals surface area contributed by atoms with Gasteiger partial charge in [0.1, 0.15) is 0 Å². The molecule has 0 aromatic heterocycles. The van der Waals surface area contributed by atoms with E-state index in [1.54, 1.807) is 0 Å². The van der Waals surface area contributed by atoms with E-state index in [0.717, 1.165) is 16.8 Å². The Hall–Kier alpha value is -2.06. The molecule has 1 amide bonds. The fraction of sp³-hybridized carbons (Fsp3) is 0.118. The molecule has 2 nitrogen and oxygen atoms in total. The van der Waals surface area contributed by atoms with Crippen LogP contribution in [0.4, 0.5) is 5.69 Å². The van der Waals surface area contributed by atoms with Crippen LogP contribution in [-0.2, 0) is 11.2 Å². The molecule has 3 heteroatoms. The molecule has 2 aromatic rings. The summed E-state index contributed by atoms with van der Waals surface area (Å²) in [4.78, 5) is 14.4. The zero-order chi connectivity index (χ0) is 12.8. The molecule has 2 aliphatic rings. The van der Waals surface area contributed by atoms with Crippen LogP contribution in [0.25, 0.3) is 17.2 Å². The maximum absolute atomic E-state index is 12.4. The van der Waals surface area contributed by atoms with Gasteiger partial charge in [-0.3, -0.25) is 4.79 Å². The smallest absolute Gasteiger partial charge is 0.231 e. The lowest BCUT2D eigenvalue weighted by Gasteiger charge is -2.26. The maximum Gasteiger partial charge on any atom is 0.231 e. The minimum atomic E-state index is 0. The SMILES string of the molecule is Cl.O=C1Cc2ccccc2-c2cccc3c2N1CC=C3. The third-order valence-electron chi connectivity index (χ3n) is 3.87. The summed E-state index contributed by atoms with van der Waals surface area (Å²) >= 11 is 0. The number of halogens is 1. The molecule has 2 aromatic carbocycles. The molecule has 20 heavy (non-hydrogen) atoms. The molecular weight excluding hydrogens is 270 g/mol. The van der Waals surface area contributed by atoms with Gasteiger partial charge in [0, 0.05) is 12.1 Å². The largest absolute Gasteiger partial charge is 0.307 e. The van der Waals surface area contributed by atoms with Gasteiger partial charge in [-0.2, -0.15) is 0 Å². The molecule has 4 rings (SSSR count). The van der Waals surface area contributed by atoms with E-state index < -0.39 is 0 Å². The summed E-state index contributed by atoms with van der Waals surface area (Å²) < 4.78 is 0. The molecule has 0 aliphatic carbocycles. The molecule has 0 spiro atoms. The summed E-state index contributed by atoms with van der Waals surface area (Å²) in [7, 11) is 0. The number of rotatable bonds is 0. The van der Waals surface area contributed by atoms with Crippen molar-refractivity contribution in [3.63, 3.8) is 0 Å². The van der Waals surface area contributed by atoms with Crippen molar-refractivity contribution in [3.05, 3.63) is 59.7 Å². The van der Waals surface area contributed by atoms with Crippen molar-refractivity contribution in [2.45, 2.75) is 6.42 Å². The molecule has 0 bridgehead atoms. The Morgan fingerprint density at radius 3 is 2.65 bits per heavy atom. The summed E-state index contributed by atoms with van der Waals surface area (Å²) in [5, 5.41) is 0. The quantitative estimate of drug-likeness (QED) is 0.722. The Bertz CT molecular complexity index is 721. The van der Waals surface area contributed by atoms with E-state index >= 15 is 0 Å². The molecule has 0 saturated heterocycles. The van der Waals surface area contributed by atoms with E-state index in [-0.39, 0.29) is 18.3 Å². The first-order chi connectivity index (χ1) is 9.34. The van der Waals surface area contributed by atoms with Gasteiger partial charge < -0.3 is 4.90 Å². The summed E-state index contributed by atoms with van der Waals surface area (Å²) in [6.45, 7) is 0.677. The standard InChI is InChI=1S/C17H13NO.ClH/c19-16-11-13-5-1-2-8-14(13)15-9-3-6-12-7-4-10-18(16)17(12)15;/h1-9H,10-11H2;1H. The number of amides is 1. The highest BCUT2D eigenvalue weighted by atomic mass is 35.5. The summed E-state index contributed by atoms with van der Waals surface area (Å²) in [6, 6.07) is 14.5. The van der Waals surface area contributed by atoms with Crippen molar-refractivity contribution in [3.8, 4) is 11.1 Å². The lowest BCUT2D eigenvalue weighted by atomic mass is 9.95. The number of hydrogen-bond donors (Lipinski definition) is 0. The van der Waals surface area contributed by atoms with Gasteiger partial charge in [-0.15, -0.1) is 12.4 Å². The number of fused-ring (bicyclic) bond motifs is 2.